The molecule has 6 heteroatoms. The van der Waals surface area contributed by atoms with Crippen LogP contribution in [-0.2, 0) is 4.79 Å². The first-order valence-electron chi connectivity index (χ1n) is 11.1. The first-order valence-corrected chi connectivity index (χ1v) is 11.1. The van der Waals surface area contributed by atoms with E-state index in [-0.39, 0.29) is 11.8 Å². The van der Waals surface area contributed by atoms with E-state index in [0.29, 0.717) is 36.2 Å². The summed E-state index contributed by atoms with van der Waals surface area (Å²) in [5, 5.41) is 2.87. The Balaban J connectivity index is 1.26. The minimum atomic E-state index is -0.167. The number of hydrogen-bond donors (Lipinski definition) is 1. The maximum atomic E-state index is 12.8. The number of piperidine rings is 1. The zero-order chi connectivity index (χ0) is 20.2. The second-order valence-corrected chi connectivity index (χ2v) is 8.88. The minimum Gasteiger partial charge on any atom is -0.497 e. The van der Waals surface area contributed by atoms with Crippen molar-refractivity contribution in [3.8, 4) is 5.75 Å². The molecule has 3 saturated heterocycles. The topological polar surface area (TPSA) is 61.9 Å². The second-order valence-electron chi connectivity index (χ2n) is 8.88. The van der Waals surface area contributed by atoms with Crippen molar-refractivity contribution < 1.29 is 14.3 Å². The average molecular weight is 400 g/mol. The largest absolute Gasteiger partial charge is 0.497 e. The van der Waals surface area contributed by atoms with Gasteiger partial charge in [-0.3, -0.25) is 14.5 Å². The summed E-state index contributed by atoms with van der Waals surface area (Å²) in [6.07, 6.45) is 6.96. The lowest BCUT2D eigenvalue weighted by Crippen LogP contribution is -2.47. The summed E-state index contributed by atoms with van der Waals surface area (Å²) in [5.74, 6) is 2.13. The molecule has 4 aliphatic rings. The summed E-state index contributed by atoms with van der Waals surface area (Å²) >= 11 is 0. The Hall–Kier alpha value is -2.08. The van der Waals surface area contributed by atoms with Gasteiger partial charge in [-0.15, -0.1) is 0 Å². The van der Waals surface area contributed by atoms with Crippen LogP contribution < -0.4 is 10.1 Å². The molecule has 2 amide bonds. The molecule has 0 radical (unpaired) electrons. The molecular weight excluding hydrogens is 366 g/mol. The predicted molar refractivity (Wildman–Crippen MR) is 112 cm³/mol. The lowest BCUT2D eigenvalue weighted by Gasteiger charge is -2.40. The number of benzene rings is 1. The van der Waals surface area contributed by atoms with E-state index in [1.807, 2.05) is 6.07 Å². The Bertz CT molecular complexity index is 734. The Morgan fingerprint density at radius 1 is 1.14 bits per heavy atom. The maximum Gasteiger partial charge on any atom is 0.251 e. The molecule has 1 N–H and O–H groups in total. The highest BCUT2D eigenvalue weighted by molar-refractivity contribution is 5.94. The SMILES string of the molecule is COc1cccc(C(=O)NCCC(=O)N2C[C@H]3CC[C@@H](C2)N(CC2CCC2)C3)c1. The fourth-order valence-corrected chi connectivity index (χ4v) is 4.92. The lowest BCUT2D eigenvalue weighted by molar-refractivity contribution is -0.131. The summed E-state index contributed by atoms with van der Waals surface area (Å²) in [5.41, 5.74) is 0.552. The molecule has 1 aliphatic carbocycles. The molecule has 3 heterocycles. The number of carbonyl (C=O) groups is 2. The molecule has 2 bridgehead atoms. The van der Waals surface area contributed by atoms with Gasteiger partial charge in [0.05, 0.1) is 7.11 Å². The molecule has 0 unspecified atom stereocenters. The van der Waals surface area contributed by atoms with Crippen LogP contribution >= 0.6 is 0 Å². The van der Waals surface area contributed by atoms with Crippen molar-refractivity contribution in [1.29, 1.82) is 0 Å². The van der Waals surface area contributed by atoms with Crippen molar-refractivity contribution in [2.45, 2.75) is 44.6 Å². The maximum absolute atomic E-state index is 12.8. The van der Waals surface area contributed by atoms with E-state index in [2.05, 4.69) is 15.1 Å². The smallest absolute Gasteiger partial charge is 0.251 e. The van der Waals surface area contributed by atoms with E-state index in [1.54, 1.807) is 25.3 Å². The molecule has 6 nitrogen and oxygen atoms in total. The van der Waals surface area contributed by atoms with Crippen LogP contribution in [0.25, 0.3) is 0 Å². The third-order valence-electron chi connectivity index (χ3n) is 6.85. The molecule has 0 aromatic heterocycles. The Kier molecular flexibility index (Phi) is 6.38. The van der Waals surface area contributed by atoms with Crippen molar-refractivity contribution >= 4 is 11.8 Å². The summed E-state index contributed by atoms with van der Waals surface area (Å²) in [6.45, 7) is 4.47. The summed E-state index contributed by atoms with van der Waals surface area (Å²) in [7, 11) is 1.58. The first kappa shape index (κ1) is 20.2. The van der Waals surface area contributed by atoms with Crippen molar-refractivity contribution in [2.75, 3.05) is 39.8 Å². The lowest BCUT2D eigenvalue weighted by atomic mass is 9.83. The van der Waals surface area contributed by atoms with Crippen LogP contribution in [0.4, 0.5) is 0 Å². The second kappa shape index (κ2) is 9.16. The molecule has 3 aliphatic heterocycles. The number of ether oxygens (including phenoxy) is 1. The molecule has 1 saturated carbocycles. The highest BCUT2D eigenvalue weighted by Gasteiger charge is 2.37. The van der Waals surface area contributed by atoms with Gasteiger partial charge in [0.15, 0.2) is 0 Å². The van der Waals surface area contributed by atoms with Gasteiger partial charge in [-0.25, -0.2) is 0 Å². The monoisotopic (exact) mass is 399 g/mol. The van der Waals surface area contributed by atoms with E-state index in [0.717, 1.165) is 25.6 Å². The number of carbonyl (C=O) groups excluding carboxylic acids is 2. The summed E-state index contributed by atoms with van der Waals surface area (Å²) < 4.78 is 5.16. The summed E-state index contributed by atoms with van der Waals surface area (Å²) in [4.78, 5) is 29.9. The number of rotatable bonds is 7. The van der Waals surface area contributed by atoms with Crippen molar-refractivity contribution in [3.05, 3.63) is 29.8 Å². The molecule has 158 valence electrons. The number of methoxy groups -OCH3 is 1. The van der Waals surface area contributed by atoms with Gasteiger partial charge in [0, 0.05) is 50.7 Å². The Morgan fingerprint density at radius 3 is 2.76 bits per heavy atom. The number of fused-ring (bicyclic) bond motifs is 4. The van der Waals surface area contributed by atoms with Crippen LogP contribution in [0.3, 0.4) is 0 Å². The van der Waals surface area contributed by atoms with E-state index in [9.17, 15) is 9.59 Å². The molecular formula is C23H33N3O3. The highest BCUT2D eigenvalue weighted by Crippen LogP contribution is 2.33. The van der Waals surface area contributed by atoms with Crippen molar-refractivity contribution in [2.24, 2.45) is 11.8 Å². The number of hydrogen-bond acceptors (Lipinski definition) is 4. The van der Waals surface area contributed by atoms with Crippen LogP contribution in [0.5, 0.6) is 5.75 Å². The molecule has 5 rings (SSSR count). The van der Waals surface area contributed by atoms with Crippen LogP contribution in [0.1, 0.15) is 48.9 Å². The zero-order valence-corrected chi connectivity index (χ0v) is 17.4. The number of nitrogens with one attached hydrogen (secondary N) is 1. The normalized spacial score (nSPS) is 24.7. The van der Waals surface area contributed by atoms with Gasteiger partial charge in [-0.1, -0.05) is 12.5 Å². The van der Waals surface area contributed by atoms with E-state index < -0.39 is 0 Å². The number of amides is 2. The fourth-order valence-electron chi connectivity index (χ4n) is 4.92. The van der Waals surface area contributed by atoms with Crippen LogP contribution in [0, 0.1) is 11.8 Å². The molecule has 1 aromatic carbocycles. The highest BCUT2D eigenvalue weighted by atomic mass is 16.5. The van der Waals surface area contributed by atoms with Gasteiger partial charge in [-0.05, 0) is 55.7 Å². The molecule has 2 atom stereocenters. The van der Waals surface area contributed by atoms with Gasteiger partial charge < -0.3 is 15.0 Å². The van der Waals surface area contributed by atoms with Gasteiger partial charge in [0.1, 0.15) is 5.75 Å². The quantitative estimate of drug-likeness (QED) is 0.765. The minimum absolute atomic E-state index is 0.165. The molecule has 29 heavy (non-hydrogen) atoms. The van der Waals surface area contributed by atoms with Gasteiger partial charge >= 0.3 is 0 Å². The van der Waals surface area contributed by atoms with Gasteiger partial charge in [0.25, 0.3) is 5.91 Å². The number of nitrogens with zero attached hydrogens (tertiary/aromatic N) is 2. The summed E-state index contributed by atoms with van der Waals surface area (Å²) in [6, 6.07) is 7.58. The van der Waals surface area contributed by atoms with E-state index in [4.69, 9.17) is 4.74 Å². The van der Waals surface area contributed by atoms with Gasteiger partial charge in [0.2, 0.25) is 5.91 Å². The van der Waals surface area contributed by atoms with Crippen LogP contribution in [0.2, 0.25) is 0 Å². The molecule has 4 fully saturated rings. The van der Waals surface area contributed by atoms with E-state index in [1.165, 1.54) is 38.6 Å². The average Bonchev–Trinajstić information content (AvgIpc) is 3.02. The third kappa shape index (κ3) is 4.92. The van der Waals surface area contributed by atoms with Crippen LogP contribution in [-0.4, -0.2) is 67.5 Å². The van der Waals surface area contributed by atoms with Gasteiger partial charge in [-0.2, -0.15) is 0 Å². The first-order chi connectivity index (χ1) is 14.1. The fraction of sp³-hybridized carbons (Fsp3) is 0.652. The Morgan fingerprint density at radius 2 is 2.00 bits per heavy atom. The Labute approximate surface area is 173 Å². The zero-order valence-electron chi connectivity index (χ0n) is 17.4. The standard InChI is InChI=1S/C23H33N3O3/c1-29-21-7-3-6-19(12-21)23(28)24-11-10-22(27)26-15-18-8-9-20(16-26)25(14-18)13-17-4-2-5-17/h3,6-7,12,17-18,20H,2,4-5,8-11,13-16H2,1H3,(H,24,28)/t18-,20-/m0/s1. The third-order valence-corrected chi connectivity index (χ3v) is 6.85. The molecule has 1 aromatic rings. The van der Waals surface area contributed by atoms with Crippen LogP contribution in [0.15, 0.2) is 24.3 Å². The molecule has 0 spiro atoms. The van der Waals surface area contributed by atoms with Crippen molar-refractivity contribution in [3.63, 3.8) is 0 Å². The van der Waals surface area contributed by atoms with E-state index >= 15 is 0 Å². The van der Waals surface area contributed by atoms with Crippen molar-refractivity contribution in [1.82, 2.24) is 15.1 Å². The predicted octanol–water partition coefficient (Wildman–Crippen LogP) is 2.54.